The van der Waals surface area contributed by atoms with E-state index in [1.165, 1.54) is 22.0 Å². The summed E-state index contributed by atoms with van der Waals surface area (Å²) in [4.78, 5) is 3.30. The van der Waals surface area contributed by atoms with Crippen LogP contribution in [0.15, 0.2) is 24.4 Å². The van der Waals surface area contributed by atoms with Crippen molar-refractivity contribution in [2.75, 3.05) is 0 Å². The summed E-state index contributed by atoms with van der Waals surface area (Å²) in [7, 11) is 0. The van der Waals surface area contributed by atoms with E-state index in [0.29, 0.717) is 0 Å². The van der Waals surface area contributed by atoms with Crippen LogP contribution in [0, 0.1) is 6.92 Å². The molecule has 0 unspecified atom stereocenters. The fraction of sp³-hybridized carbons (Fsp3) is 0.385. The first-order valence-corrected chi connectivity index (χ1v) is 5.42. The van der Waals surface area contributed by atoms with Gasteiger partial charge in [0, 0.05) is 17.1 Å². The number of H-pyrrole nitrogens is 1. The van der Waals surface area contributed by atoms with Gasteiger partial charge in [-0.1, -0.05) is 18.2 Å². The van der Waals surface area contributed by atoms with Gasteiger partial charge in [-0.2, -0.15) is 0 Å². The van der Waals surface area contributed by atoms with Crippen molar-refractivity contribution in [1.29, 1.82) is 0 Å². The third kappa shape index (κ3) is 2.05. The molecule has 0 saturated heterocycles. The van der Waals surface area contributed by atoms with Gasteiger partial charge in [0.1, 0.15) is 0 Å². The average Bonchev–Trinajstić information content (AvgIpc) is 2.59. The standard InChI is InChI=1S/C13H17NO/c1-9-4-3-5-12-11(7-6-10(2)15)8-14-13(9)12/h3-5,8,10,14-15H,6-7H2,1-2H3/t10-/m0/s1. The summed E-state index contributed by atoms with van der Waals surface area (Å²) >= 11 is 0. The summed E-state index contributed by atoms with van der Waals surface area (Å²) in [6, 6.07) is 6.32. The second-order valence-electron chi connectivity index (χ2n) is 4.20. The van der Waals surface area contributed by atoms with Crippen molar-refractivity contribution in [3.8, 4) is 0 Å². The molecule has 2 aromatic rings. The van der Waals surface area contributed by atoms with Crippen molar-refractivity contribution in [1.82, 2.24) is 4.98 Å². The zero-order valence-corrected chi connectivity index (χ0v) is 9.25. The highest BCUT2D eigenvalue weighted by Gasteiger charge is 2.05. The van der Waals surface area contributed by atoms with Crippen LogP contribution in [0.5, 0.6) is 0 Å². The number of nitrogens with one attached hydrogen (secondary N) is 1. The molecular formula is C13H17NO. The Balaban J connectivity index is 2.33. The summed E-state index contributed by atoms with van der Waals surface area (Å²) in [5, 5.41) is 10.6. The van der Waals surface area contributed by atoms with Crippen molar-refractivity contribution >= 4 is 10.9 Å². The Kier molecular flexibility index (Phi) is 2.78. The van der Waals surface area contributed by atoms with Gasteiger partial charge >= 0.3 is 0 Å². The molecular weight excluding hydrogens is 186 g/mol. The number of hydrogen-bond acceptors (Lipinski definition) is 1. The van der Waals surface area contributed by atoms with Gasteiger partial charge in [0.05, 0.1) is 6.10 Å². The number of fused-ring (bicyclic) bond motifs is 1. The number of aromatic nitrogens is 1. The molecule has 2 N–H and O–H groups in total. The molecule has 2 rings (SSSR count). The molecule has 1 atom stereocenters. The van der Waals surface area contributed by atoms with Gasteiger partial charge < -0.3 is 10.1 Å². The quantitative estimate of drug-likeness (QED) is 0.790. The predicted molar refractivity (Wildman–Crippen MR) is 63.0 cm³/mol. The van der Waals surface area contributed by atoms with E-state index in [4.69, 9.17) is 0 Å². The van der Waals surface area contributed by atoms with Crippen LogP contribution in [0.4, 0.5) is 0 Å². The van der Waals surface area contributed by atoms with E-state index in [0.717, 1.165) is 12.8 Å². The maximum Gasteiger partial charge on any atom is 0.0515 e. The normalized spacial score (nSPS) is 13.3. The van der Waals surface area contributed by atoms with Crippen LogP contribution in [0.25, 0.3) is 10.9 Å². The minimum Gasteiger partial charge on any atom is -0.393 e. The maximum atomic E-state index is 9.27. The van der Waals surface area contributed by atoms with Crippen molar-refractivity contribution < 1.29 is 5.11 Å². The summed E-state index contributed by atoms with van der Waals surface area (Å²) in [6.45, 7) is 3.94. The monoisotopic (exact) mass is 203 g/mol. The van der Waals surface area contributed by atoms with Crippen LogP contribution >= 0.6 is 0 Å². The Morgan fingerprint density at radius 2 is 2.20 bits per heavy atom. The van der Waals surface area contributed by atoms with Gasteiger partial charge in [-0.05, 0) is 37.8 Å². The van der Waals surface area contributed by atoms with E-state index in [2.05, 4.69) is 36.3 Å². The number of hydrogen-bond donors (Lipinski definition) is 2. The largest absolute Gasteiger partial charge is 0.393 e. The van der Waals surface area contributed by atoms with Crippen LogP contribution in [0.2, 0.25) is 0 Å². The van der Waals surface area contributed by atoms with Crippen molar-refractivity contribution in [3.63, 3.8) is 0 Å². The molecule has 0 aliphatic rings. The lowest BCUT2D eigenvalue weighted by atomic mass is 10.0. The predicted octanol–water partition coefficient (Wildman–Crippen LogP) is 2.79. The lowest BCUT2D eigenvalue weighted by Crippen LogP contribution is -2.00. The molecule has 80 valence electrons. The molecule has 1 aromatic heterocycles. The topological polar surface area (TPSA) is 36.0 Å². The van der Waals surface area contributed by atoms with E-state index >= 15 is 0 Å². The molecule has 2 nitrogen and oxygen atoms in total. The first-order chi connectivity index (χ1) is 7.18. The number of aliphatic hydroxyl groups is 1. The van der Waals surface area contributed by atoms with E-state index < -0.39 is 0 Å². The first-order valence-electron chi connectivity index (χ1n) is 5.42. The Labute approximate surface area is 89.9 Å². The molecule has 0 aliphatic carbocycles. The fourth-order valence-electron chi connectivity index (χ4n) is 1.94. The van der Waals surface area contributed by atoms with Crippen molar-refractivity contribution in [3.05, 3.63) is 35.5 Å². The fourth-order valence-corrected chi connectivity index (χ4v) is 1.94. The van der Waals surface area contributed by atoms with Crippen LogP contribution in [-0.2, 0) is 6.42 Å². The second-order valence-corrected chi connectivity index (χ2v) is 4.20. The Bertz CT molecular complexity index is 457. The number of aromatic amines is 1. The van der Waals surface area contributed by atoms with E-state index in [9.17, 15) is 5.11 Å². The third-order valence-corrected chi connectivity index (χ3v) is 2.84. The van der Waals surface area contributed by atoms with Crippen LogP contribution in [-0.4, -0.2) is 16.2 Å². The smallest absolute Gasteiger partial charge is 0.0515 e. The molecule has 0 saturated carbocycles. The van der Waals surface area contributed by atoms with Gasteiger partial charge in [0.2, 0.25) is 0 Å². The Hall–Kier alpha value is -1.28. The SMILES string of the molecule is Cc1cccc2c(CC[C@H](C)O)c[nH]c12. The molecule has 2 heteroatoms. The highest BCUT2D eigenvalue weighted by Crippen LogP contribution is 2.22. The molecule has 0 spiro atoms. The van der Waals surface area contributed by atoms with Gasteiger partial charge in [0.15, 0.2) is 0 Å². The lowest BCUT2D eigenvalue weighted by molar-refractivity contribution is 0.185. The zero-order valence-electron chi connectivity index (χ0n) is 9.25. The Morgan fingerprint density at radius 3 is 2.93 bits per heavy atom. The maximum absolute atomic E-state index is 9.27. The summed E-state index contributed by atoms with van der Waals surface area (Å²) < 4.78 is 0. The summed E-state index contributed by atoms with van der Waals surface area (Å²) in [6.07, 6.45) is 3.59. The van der Waals surface area contributed by atoms with Crippen LogP contribution in [0.3, 0.4) is 0 Å². The molecule has 0 fully saturated rings. The highest BCUT2D eigenvalue weighted by atomic mass is 16.3. The first kappa shape index (κ1) is 10.2. The van der Waals surface area contributed by atoms with Crippen LogP contribution < -0.4 is 0 Å². The van der Waals surface area contributed by atoms with E-state index in [1.54, 1.807) is 0 Å². The third-order valence-electron chi connectivity index (χ3n) is 2.84. The second kappa shape index (κ2) is 4.07. The molecule has 0 radical (unpaired) electrons. The molecule has 1 aromatic carbocycles. The number of para-hydroxylation sites is 1. The average molecular weight is 203 g/mol. The van der Waals surface area contributed by atoms with E-state index in [1.807, 2.05) is 6.92 Å². The lowest BCUT2D eigenvalue weighted by Gasteiger charge is -2.02. The minimum atomic E-state index is -0.222. The van der Waals surface area contributed by atoms with Gasteiger partial charge in [-0.3, -0.25) is 0 Å². The number of aliphatic hydroxyl groups excluding tert-OH is 1. The highest BCUT2D eigenvalue weighted by molar-refractivity contribution is 5.85. The molecule has 0 aliphatic heterocycles. The van der Waals surface area contributed by atoms with Gasteiger partial charge in [0.25, 0.3) is 0 Å². The number of aryl methyl sites for hydroxylation is 2. The molecule has 0 amide bonds. The number of rotatable bonds is 3. The molecule has 0 bridgehead atoms. The molecule has 1 heterocycles. The zero-order chi connectivity index (χ0) is 10.8. The van der Waals surface area contributed by atoms with Crippen LogP contribution in [0.1, 0.15) is 24.5 Å². The van der Waals surface area contributed by atoms with Gasteiger partial charge in [-0.15, -0.1) is 0 Å². The van der Waals surface area contributed by atoms with Gasteiger partial charge in [-0.25, -0.2) is 0 Å². The summed E-state index contributed by atoms with van der Waals surface area (Å²) in [5.74, 6) is 0. The molecule has 15 heavy (non-hydrogen) atoms. The summed E-state index contributed by atoms with van der Waals surface area (Å²) in [5.41, 5.74) is 3.79. The van der Waals surface area contributed by atoms with Crippen molar-refractivity contribution in [2.24, 2.45) is 0 Å². The Morgan fingerprint density at radius 1 is 1.40 bits per heavy atom. The van der Waals surface area contributed by atoms with E-state index in [-0.39, 0.29) is 6.10 Å². The number of benzene rings is 1. The van der Waals surface area contributed by atoms with Crippen molar-refractivity contribution in [2.45, 2.75) is 32.8 Å². The minimum absolute atomic E-state index is 0.222.